The van der Waals surface area contributed by atoms with Gasteiger partial charge in [-0.15, -0.1) is 0 Å². The zero-order valence-electron chi connectivity index (χ0n) is 12.2. The van der Waals surface area contributed by atoms with Gasteiger partial charge in [0.25, 0.3) is 0 Å². The van der Waals surface area contributed by atoms with Crippen LogP contribution in [0.25, 0.3) is 0 Å². The summed E-state index contributed by atoms with van der Waals surface area (Å²) in [5.41, 5.74) is -1.20. The highest BCUT2D eigenvalue weighted by Gasteiger charge is 2.31. The Balaban J connectivity index is 2.55. The Bertz CT molecular complexity index is 429. The van der Waals surface area contributed by atoms with Crippen LogP contribution < -0.4 is 0 Å². The summed E-state index contributed by atoms with van der Waals surface area (Å²) in [5, 5.41) is 9.89. The zero-order valence-corrected chi connectivity index (χ0v) is 12.2. The normalized spacial score (nSPS) is 13.4. The van der Waals surface area contributed by atoms with Gasteiger partial charge in [-0.05, 0) is 24.6 Å². The number of rotatable bonds is 8. The molecule has 0 heterocycles. The lowest BCUT2D eigenvalue weighted by atomic mass is 9.99. The topological polar surface area (TPSA) is 20.2 Å². The quantitative estimate of drug-likeness (QED) is 0.487. The Kier molecular flexibility index (Phi) is 7.15. The van der Waals surface area contributed by atoms with Crippen molar-refractivity contribution < 1.29 is 22.7 Å². The fourth-order valence-corrected chi connectivity index (χ4v) is 2.25. The highest BCUT2D eigenvalue weighted by Crippen LogP contribution is 2.32. The second-order valence-electron chi connectivity index (χ2n) is 5.31. The van der Waals surface area contributed by atoms with E-state index in [4.69, 9.17) is 0 Å². The molecule has 0 saturated heterocycles. The van der Waals surface area contributed by atoms with Crippen LogP contribution in [0.5, 0.6) is 0 Å². The maximum absolute atomic E-state index is 13.6. The summed E-state index contributed by atoms with van der Waals surface area (Å²) in [6.45, 7) is 2.11. The van der Waals surface area contributed by atoms with Crippen LogP contribution >= 0.6 is 0 Å². The summed E-state index contributed by atoms with van der Waals surface area (Å²) in [7, 11) is 0. The number of benzene rings is 1. The first-order valence-electron chi connectivity index (χ1n) is 7.41. The third-order valence-corrected chi connectivity index (χ3v) is 3.51. The average molecular weight is 306 g/mol. The van der Waals surface area contributed by atoms with Crippen LogP contribution in [0.4, 0.5) is 17.6 Å². The van der Waals surface area contributed by atoms with Crippen molar-refractivity contribution in [3.05, 3.63) is 35.1 Å². The highest BCUT2D eigenvalue weighted by molar-refractivity contribution is 5.28. The summed E-state index contributed by atoms with van der Waals surface area (Å²) in [6.07, 6.45) is 0.600. The molecular formula is C16H22F4O. The summed E-state index contributed by atoms with van der Waals surface area (Å²) < 4.78 is 51.3. The Morgan fingerprint density at radius 2 is 1.67 bits per heavy atom. The van der Waals surface area contributed by atoms with E-state index in [0.29, 0.717) is 18.6 Å². The summed E-state index contributed by atoms with van der Waals surface area (Å²) in [6, 6.07) is 2.16. The molecule has 0 bridgehead atoms. The van der Waals surface area contributed by atoms with Crippen LogP contribution in [-0.4, -0.2) is 5.11 Å². The molecule has 1 rings (SSSR count). The number of unbranched alkanes of at least 4 members (excludes halogenated alkanes) is 5. The van der Waals surface area contributed by atoms with E-state index in [1.807, 2.05) is 0 Å². The van der Waals surface area contributed by atoms with E-state index >= 15 is 0 Å². The van der Waals surface area contributed by atoms with Gasteiger partial charge in [0.15, 0.2) is 0 Å². The first kappa shape index (κ1) is 18.0. The second kappa shape index (κ2) is 8.37. The van der Waals surface area contributed by atoms with Gasteiger partial charge in [-0.2, -0.15) is 13.2 Å². The zero-order chi connectivity index (χ0) is 15.9. The molecule has 0 fully saturated rings. The van der Waals surface area contributed by atoms with Gasteiger partial charge in [0.05, 0.1) is 11.7 Å². The third-order valence-electron chi connectivity index (χ3n) is 3.51. The minimum Gasteiger partial charge on any atom is -0.388 e. The predicted octanol–water partition coefficient (Wildman–Crippen LogP) is 5.63. The molecule has 1 aromatic rings. The van der Waals surface area contributed by atoms with Gasteiger partial charge < -0.3 is 5.11 Å². The molecule has 1 atom stereocenters. The molecular weight excluding hydrogens is 284 g/mol. The van der Waals surface area contributed by atoms with Crippen molar-refractivity contribution >= 4 is 0 Å². The molecule has 1 unspecified atom stereocenters. The Morgan fingerprint density at radius 3 is 2.29 bits per heavy atom. The molecule has 120 valence electrons. The molecule has 0 aliphatic rings. The molecule has 0 aliphatic carbocycles. The minimum atomic E-state index is -4.53. The van der Waals surface area contributed by atoms with Gasteiger partial charge in [0.2, 0.25) is 0 Å². The van der Waals surface area contributed by atoms with Crippen molar-refractivity contribution in [1.29, 1.82) is 0 Å². The summed E-state index contributed by atoms with van der Waals surface area (Å²) in [5.74, 6) is -0.790. The van der Waals surface area contributed by atoms with Gasteiger partial charge in [0.1, 0.15) is 5.82 Å². The van der Waals surface area contributed by atoms with Crippen LogP contribution in [0.15, 0.2) is 18.2 Å². The van der Waals surface area contributed by atoms with E-state index in [-0.39, 0.29) is 12.0 Å². The maximum atomic E-state index is 13.6. The van der Waals surface area contributed by atoms with E-state index in [0.717, 1.165) is 38.2 Å². The van der Waals surface area contributed by atoms with E-state index in [1.54, 1.807) is 0 Å². The molecule has 0 aromatic heterocycles. The number of hydrogen-bond acceptors (Lipinski definition) is 1. The van der Waals surface area contributed by atoms with Crippen LogP contribution in [0.2, 0.25) is 0 Å². The summed E-state index contributed by atoms with van der Waals surface area (Å²) in [4.78, 5) is 0. The van der Waals surface area contributed by atoms with Gasteiger partial charge >= 0.3 is 6.18 Å². The maximum Gasteiger partial charge on any atom is 0.416 e. The minimum absolute atomic E-state index is 0.265. The lowest BCUT2D eigenvalue weighted by Gasteiger charge is -2.14. The lowest BCUT2D eigenvalue weighted by molar-refractivity contribution is -0.137. The van der Waals surface area contributed by atoms with Gasteiger partial charge in [-0.1, -0.05) is 45.4 Å². The van der Waals surface area contributed by atoms with E-state index in [1.165, 1.54) is 0 Å². The monoisotopic (exact) mass is 306 g/mol. The predicted molar refractivity (Wildman–Crippen MR) is 74.4 cm³/mol. The molecule has 0 saturated carbocycles. The van der Waals surface area contributed by atoms with E-state index in [2.05, 4.69) is 6.92 Å². The molecule has 21 heavy (non-hydrogen) atoms. The fourth-order valence-electron chi connectivity index (χ4n) is 2.25. The Labute approximate surface area is 123 Å². The number of hydrogen-bond donors (Lipinski definition) is 1. The SMILES string of the molecule is CCCCCCCCC(O)c1cc(C(F)(F)F)ccc1F. The van der Waals surface area contributed by atoms with Crippen LogP contribution in [-0.2, 0) is 6.18 Å². The lowest BCUT2D eigenvalue weighted by Crippen LogP contribution is -2.08. The second-order valence-corrected chi connectivity index (χ2v) is 5.31. The molecule has 0 amide bonds. The van der Waals surface area contributed by atoms with Crippen molar-refractivity contribution in [2.24, 2.45) is 0 Å². The van der Waals surface area contributed by atoms with Crippen molar-refractivity contribution in [3.63, 3.8) is 0 Å². The van der Waals surface area contributed by atoms with Crippen molar-refractivity contribution in [2.45, 2.75) is 64.1 Å². The summed E-state index contributed by atoms with van der Waals surface area (Å²) >= 11 is 0. The Hall–Kier alpha value is -1.10. The van der Waals surface area contributed by atoms with Gasteiger partial charge in [-0.3, -0.25) is 0 Å². The number of aliphatic hydroxyl groups excluding tert-OH is 1. The molecule has 1 N–H and O–H groups in total. The van der Waals surface area contributed by atoms with Crippen LogP contribution in [0, 0.1) is 5.82 Å². The van der Waals surface area contributed by atoms with E-state index in [9.17, 15) is 22.7 Å². The van der Waals surface area contributed by atoms with Gasteiger partial charge in [0, 0.05) is 5.56 Å². The number of alkyl halides is 3. The van der Waals surface area contributed by atoms with Crippen molar-refractivity contribution in [3.8, 4) is 0 Å². The highest BCUT2D eigenvalue weighted by atomic mass is 19.4. The third kappa shape index (κ3) is 6.04. The molecule has 1 nitrogen and oxygen atoms in total. The average Bonchev–Trinajstić information content (AvgIpc) is 2.41. The van der Waals surface area contributed by atoms with E-state index < -0.39 is 23.7 Å². The van der Waals surface area contributed by atoms with Crippen LogP contribution in [0.1, 0.15) is 69.1 Å². The Morgan fingerprint density at radius 1 is 1.05 bits per heavy atom. The first-order chi connectivity index (χ1) is 9.86. The number of aliphatic hydroxyl groups is 1. The molecule has 0 aliphatic heterocycles. The molecule has 1 aromatic carbocycles. The number of halogens is 4. The molecule has 0 radical (unpaired) electrons. The smallest absolute Gasteiger partial charge is 0.388 e. The standard InChI is InChI=1S/C16H22F4O/c1-2-3-4-5-6-7-8-15(21)13-11-12(16(18,19)20)9-10-14(13)17/h9-11,15,21H,2-8H2,1H3. The van der Waals surface area contributed by atoms with Gasteiger partial charge in [-0.25, -0.2) is 4.39 Å². The van der Waals surface area contributed by atoms with Crippen molar-refractivity contribution in [1.82, 2.24) is 0 Å². The largest absolute Gasteiger partial charge is 0.416 e. The van der Waals surface area contributed by atoms with Crippen LogP contribution in [0.3, 0.4) is 0 Å². The fraction of sp³-hybridized carbons (Fsp3) is 0.625. The first-order valence-corrected chi connectivity index (χ1v) is 7.41. The molecule has 5 heteroatoms. The van der Waals surface area contributed by atoms with Crippen molar-refractivity contribution in [2.75, 3.05) is 0 Å². The molecule has 0 spiro atoms.